The van der Waals surface area contributed by atoms with Crippen LogP contribution in [0.5, 0.6) is 5.75 Å². The summed E-state index contributed by atoms with van der Waals surface area (Å²) in [6.07, 6.45) is 3.27. The van der Waals surface area contributed by atoms with E-state index in [1.807, 2.05) is 18.2 Å². The van der Waals surface area contributed by atoms with Crippen molar-refractivity contribution in [1.29, 1.82) is 0 Å². The van der Waals surface area contributed by atoms with Gasteiger partial charge in [0.15, 0.2) is 6.10 Å². The highest BCUT2D eigenvalue weighted by molar-refractivity contribution is 7.17. The summed E-state index contributed by atoms with van der Waals surface area (Å²) < 4.78 is 10.6. The van der Waals surface area contributed by atoms with E-state index in [2.05, 4.69) is 5.32 Å². The van der Waals surface area contributed by atoms with Gasteiger partial charge >= 0.3 is 5.97 Å². The van der Waals surface area contributed by atoms with Gasteiger partial charge < -0.3 is 14.8 Å². The van der Waals surface area contributed by atoms with Gasteiger partial charge in [-0.2, -0.15) is 0 Å². The zero-order valence-electron chi connectivity index (χ0n) is 14.3. The summed E-state index contributed by atoms with van der Waals surface area (Å²) in [4.78, 5) is 25.9. The Kier molecular flexibility index (Phi) is 5.38. The summed E-state index contributed by atoms with van der Waals surface area (Å²) in [6.45, 7) is 1.69. The van der Waals surface area contributed by atoms with Crippen molar-refractivity contribution in [2.45, 2.75) is 38.7 Å². The Labute approximate surface area is 151 Å². The number of aryl methyl sites for hydroxylation is 1. The van der Waals surface area contributed by atoms with E-state index in [0.29, 0.717) is 16.3 Å². The van der Waals surface area contributed by atoms with E-state index >= 15 is 0 Å². The normalized spacial score (nSPS) is 14.3. The van der Waals surface area contributed by atoms with Crippen molar-refractivity contribution in [3.05, 3.63) is 46.3 Å². The molecule has 0 spiro atoms. The van der Waals surface area contributed by atoms with E-state index < -0.39 is 12.1 Å². The molecule has 0 fully saturated rings. The van der Waals surface area contributed by atoms with Gasteiger partial charge in [-0.05, 0) is 50.3 Å². The highest BCUT2D eigenvalue weighted by Crippen LogP contribution is 2.38. The topological polar surface area (TPSA) is 64.6 Å². The first-order valence-corrected chi connectivity index (χ1v) is 9.17. The first kappa shape index (κ1) is 17.5. The Morgan fingerprint density at radius 2 is 1.88 bits per heavy atom. The molecule has 0 bridgehead atoms. The third-order valence-electron chi connectivity index (χ3n) is 4.22. The summed E-state index contributed by atoms with van der Waals surface area (Å²) in [7, 11) is 1.36. The molecule has 132 valence electrons. The largest absolute Gasteiger partial charge is 0.481 e. The molecule has 2 aromatic rings. The van der Waals surface area contributed by atoms with Crippen LogP contribution in [0.25, 0.3) is 0 Å². The lowest BCUT2D eigenvalue weighted by atomic mass is 9.95. The van der Waals surface area contributed by atoms with Crippen molar-refractivity contribution < 1.29 is 19.1 Å². The van der Waals surface area contributed by atoms with Gasteiger partial charge in [0, 0.05) is 4.88 Å². The highest BCUT2D eigenvalue weighted by atomic mass is 32.1. The summed E-state index contributed by atoms with van der Waals surface area (Å²) in [5.74, 6) is -0.0530. The summed E-state index contributed by atoms with van der Waals surface area (Å²) in [5, 5.41) is 3.42. The monoisotopic (exact) mass is 359 g/mol. The van der Waals surface area contributed by atoms with Crippen molar-refractivity contribution in [1.82, 2.24) is 0 Å². The molecule has 0 aliphatic heterocycles. The molecule has 3 rings (SSSR count). The third-order valence-corrected chi connectivity index (χ3v) is 5.43. The van der Waals surface area contributed by atoms with Crippen LogP contribution in [-0.2, 0) is 22.4 Å². The van der Waals surface area contributed by atoms with E-state index in [4.69, 9.17) is 9.47 Å². The van der Waals surface area contributed by atoms with Crippen LogP contribution in [0, 0.1) is 0 Å². The lowest BCUT2D eigenvalue weighted by Crippen LogP contribution is -2.30. The molecule has 0 saturated carbocycles. The number of anilines is 1. The molecule has 25 heavy (non-hydrogen) atoms. The highest BCUT2D eigenvalue weighted by Gasteiger charge is 2.28. The van der Waals surface area contributed by atoms with Gasteiger partial charge in [-0.25, -0.2) is 4.79 Å². The van der Waals surface area contributed by atoms with Crippen LogP contribution in [0.15, 0.2) is 30.3 Å². The third kappa shape index (κ3) is 3.85. The number of fused-ring (bicyclic) bond motifs is 1. The quantitative estimate of drug-likeness (QED) is 0.824. The number of hydrogen-bond acceptors (Lipinski definition) is 5. The van der Waals surface area contributed by atoms with Crippen molar-refractivity contribution in [3.63, 3.8) is 0 Å². The van der Waals surface area contributed by atoms with Gasteiger partial charge in [-0.1, -0.05) is 18.2 Å². The molecule has 1 aliphatic rings. The van der Waals surface area contributed by atoms with Crippen molar-refractivity contribution in [2.75, 3.05) is 12.4 Å². The van der Waals surface area contributed by atoms with Gasteiger partial charge in [-0.3, -0.25) is 4.79 Å². The molecule has 1 aromatic heterocycles. The number of rotatable bonds is 5. The zero-order valence-corrected chi connectivity index (χ0v) is 15.2. The number of benzene rings is 1. The minimum Gasteiger partial charge on any atom is -0.481 e. The van der Waals surface area contributed by atoms with Crippen LogP contribution in [0.1, 0.15) is 40.6 Å². The van der Waals surface area contributed by atoms with Gasteiger partial charge in [0.2, 0.25) is 0 Å². The minimum atomic E-state index is -0.674. The molecule has 1 N–H and O–H groups in total. The molecular formula is C19H21NO4S. The molecule has 5 nitrogen and oxygen atoms in total. The average molecular weight is 359 g/mol. The maximum atomic E-state index is 12.5. The van der Waals surface area contributed by atoms with Crippen LogP contribution in [0.3, 0.4) is 0 Å². The molecule has 6 heteroatoms. The molecule has 1 aromatic carbocycles. The number of amides is 1. The maximum Gasteiger partial charge on any atom is 0.341 e. The summed E-state index contributed by atoms with van der Waals surface area (Å²) in [5.41, 5.74) is 1.53. The second-order valence-corrected chi connectivity index (χ2v) is 7.07. The van der Waals surface area contributed by atoms with E-state index in [1.54, 1.807) is 19.1 Å². The Morgan fingerprint density at radius 1 is 1.16 bits per heavy atom. The van der Waals surface area contributed by atoms with Crippen LogP contribution in [0.4, 0.5) is 5.00 Å². The second-order valence-electron chi connectivity index (χ2n) is 5.97. The summed E-state index contributed by atoms with van der Waals surface area (Å²) >= 11 is 1.47. The fourth-order valence-electron chi connectivity index (χ4n) is 2.94. The van der Waals surface area contributed by atoms with Gasteiger partial charge in [0.05, 0.1) is 12.7 Å². The van der Waals surface area contributed by atoms with Crippen molar-refractivity contribution >= 4 is 28.2 Å². The maximum absolute atomic E-state index is 12.5. The summed E-state index contributed by atoms with van der Waals surface area (Å²) in [6, 6.07) is 9.18. The number of methoxy groups -OCH3 is 1. The number of ether oxygens (including phenoxy) is 2. The van der Waals surface area contributed by atoms with Crippen LogP contribution in [-0.4, -0.2) is 25.1 Å². The number of esters is 1. The Balaban J connectivity index is 1.78. The van der Waals surface area contributed by atoms with E-state index in [0.717, 1.165) is 31.2 Å². The molecule has 1 heterocycles. The van der Waals surface area contributed by atoms with Crippen LogP contribution >= 0.6 is 11.3 Å². The molecule has 0 radical (unpaired) electrons. The fraction of sp³-hybridized carbons (Fsp3) is 0.368. The fourth-order valence-corrected chi connectivity index (χ4v) is 4.22. The van der Waals surface area contributed by atoms with E-state index in [1.165, 1.54) is 23.3 Å². The standard InChI is InChI=1S/C19H21NO4S/c1-12(24-13-8-4-3-5-9-13)17(21)20-18-16(19(22)23-2)14-10-6-7-11-15(14)25-18/h3-5,8-9,12H,6-7,10-11H2,1-2H3,(H,20,21). The van der Waals surface area contributed by atoms with Gasteiger partial charge in [0.1, 0.15) is 10.8 Å². The predicted molar refractivity (Wildman–Crippen MR) is 97.5 cm³/mol. The molecular weight excluding hydrogens is 338 g/mol. The first-order valence-electron chi connectivity index (χ1n) is 8.35. The zero-order chi connectivity index (χ0) is 17.8. The van der Waals surface area contributed by atoms with Gasteiger partial charge in [0.25, 0.3) is 5.91 Å². The lowest BCUT2D eigenvalue weighted by molar-refractivity contribution is -0.122. The second kappa shape index (κ2) is 7.70. The van der Waals surface area contributed by atoms with Gasteiger partial charge in [-0.15, -0.1) is 11.3 Å². The van der Waals surface area contributed by atoms with Crippen LogP contribution in [0.2, 0.25) is 0 Å². The predicted octanol–water partition coefficient (Wildman–Crippen LogP) is 3.82. The van der Waals surface area contributed by atoms with Crippen LogP contribution < -0.4 is 10.1 Å². The van der Waals surface area contributed by atoms with E-state index in [9.17, 15) is 9.59 Å². The SMILES string of the molecule is COC(=O)c1c(NC(=O)C(C)Oc2ccccc2)sc2c1CCCC2. The number of carbonyl (C=O) groups is 2. The lowest BCUT2D eigenvalue weighted by Gasteiger charge is -2.15. The molecule has 0 saturated heterocycles. The minimum absolute atomic E-state index is 0.285. The van der Waals surface area contributed by atoms with Crippen molar-refractivity contribution in [2.24, 2.45) is 0 Å². The number of thiophene rings is 1. The number of hydrogen-bond donors (Lipinski definition) is 1. The Morgan fingerprint density at radius 3 is 2.60 bits per heavy atom. The number of para-hydroxylation sites is 1. The number of nitrogens with one attached hydrogen (secondary N) is 1. The first-order chi connectivity index (χ1) is 12.1. The average Bonchev–Trinajstić information content (AvgIpc) is 2.99. The molecule has 1 unspecified atom stereocenters. The van der Waals surface area contributed by atoms with E-state index in [-0.39, 0.29) is 5.91 Å². The molecule has 1 atom stereocenters. The smallest absolute Gasteiger partial charge is 0.341 e. The Bertz CT molecular complexity index is 769. The van der Waals surface area contributed by atoms with Crippen molar-refractivity contribution in [3.8, 4) is 5.75 Å². The molecule has 1 amide bonds. The Hall–Kier alpha value is -2.34. The molecule has 1 aliphatic carbocycles. The number of carbonyl (C=O) groups excluding carboxylic acids is 2.